The zero-order valence-electron chi connectivity index (χ0n) is 10.3. The van der Waals surface area contributed by atoms with Gasteiger partial charge in [-0.15, -0.1) is 11.3 Å². The second kappa shape index (κ2) is 6.57. The van der Waals surface area contributed by atoms with Crippen molar-refractivity contribution >= 4 is 59.2 Å². The quantitative estimate of drug-likeness (QED) is 0.724. The first-order chi connectivity index (χ1) is 9.81. The lowest BCUT2D eigenvalue weighted by Crippen LogP contribution is -2.23. The largest absolute Gasteiger partial charge is 0.478 e. The van der Waals surface area contributed by atoms with E-state index in [-0.39, 0.29) is 17.0 Å². The maximum Gasteiger partial charge on any atom is 0.336 e. The van der Waals surface area contributed by atoms with Crippen LogP contribution in [-0.2, 0) is 16.6 Å². The van der Waals surface area contributed by atoms with E-state index in [9.17, 15) is 13.2 Å². The van der Waals surface area contributed by atoms with E-state index in [0.717, 1.165) is 15.4 Å². The zero-order chi connectivity index (χ0) is 15.6. The zero-order valence-corrected chi connectivity index (χ0v) is 15.1. The highest BCUT2D eigenvalue weighted by molar-refractivity contribution is 9.10. The molecule has 2 rings (SSSR count). The predicted molar refractivity (Wildman–Crippen MR) is 87.1 cm³/mol. The van der Waals surface area contributed by atoms with Gasteiger partial charge in [-0.2, -0.15) is 0 Å². The van der Waals surface area contributed by atoms with E-state index in [1.54, 1.807) is 0 Å². The van der Waals surface area contributed by atoms with E-state index in [4.69, 9.17) is 5.11 Å². The van der Waals surface area contributed by atoms with Gasteiger partial charge in [-0.3, -0.25) is 0 Å². The lowest BCUT2D eigenvalue weighted by Gasteiger charge is -2.08. The highest BCUT2D eigenvalue weighted by Crippen LogP contribution is 2.24. The van der Waals surface area contributed by atoms with Gasteiger partial charge in [0, 0.05) is 20.4 Å². The van der Waals surface area contributed by atoms with Crippen LogP contribution < -0.4 is 4.72 Å². The van der Waals surface area contributed by atoms with Gasteiger partial charge >= 0.3 is 5.97 Å². The van der Waals surface area contributed by atoms with Crippen molar-refractivity contribution in [2.45, 2.75) is 11.4 Å². The molecule has 9 heteroatoms. The first-order valence-electron chi connectivity index (χ1n) is 5.55. The van der Waals surface area contributed by atoms with Gasteiger partial charge in [-0.1, -0.05) is 0 Å². The fourth-order valence-electron chi connectivity index (χ4n) is 1.53. The number of benzene rings is 1. The van der Waals surface area contributed by atoms with Gasteiger partial charge in [0.2, 0.25) is 10.0 Å². The first kappa shape index (κ1) is 16.6. The molecule has 0 spiro atoms. The number of nitrogens with one attached hydrogen (secondary N) is 1. The molecule has 0 unspecified atom stereocenters. The highest BCUT2D eigenvalue weighted by atomic mass is 79.9. The van der Waals surface area contributed by atoms with Gasteiger partial charge < -0.3 is 5.11 Å². The van der Waals surface area contributed by atoms with E-state index in [1.165, 1.54) is 23.5 Å². The second-order valence-corrected chi connectivity index (χ2v) is 8.44. The lowest BCUT2D eigenvalue weighted by atomic mass is 10.2. The summed E-state index contributed by atoms with van der Waals surface area (Å²) in [6.07, 6.45) is 0. The van der Waals surface area contributed by atoms with Crippen LogP contribution in [0, 0.1) is 0 Å². The van der Waals surface area contributed by atoms with E-state index >= 15 is 0 Å². The van der Waals surface area contributed by atoms with Crippen LogP contribution in [0.25, 0.3) is 0 Å². The van der Waals surface area contributed by atoms with E-state index in [2.05, 4.69) is 36.6 Å². The highest BCUT2D eigenvalue weighted by Gasteiger charge is 2.18. The maximum atomic E-state index is 12.2. The fraction of sp³-hybridized carbons (Fsp3) is 0.0833. The normalized spacial score (nSPS) is 11.5. The van der Waals surface area contributed by atoms with Crippen molar-refractivity contribution in [3.05, 3.63) is 49.0 Å². The number of carbonyl (C=O) groups is 1. The Balaban J connectivity index is 2.26. The number of aromatic carboxylic acids is 1. The van der Waals surface area contributed by atoms with Gasteiger partial charge in [-0.25, -0.2) is 17.9 Å². The molecule has 1 aromatic heterocycles. The summed E-state index contributed by atoms with van der Waals surface area (Å²) in [4.78, 5) is 11.8. The molecule has 21 heavy (non-hydrogen) atoms. The molecule has 0 bridgehead atoms. The Hall–Kier alpha value is -0.740. The van der Waals surface area contributed by atoms with Gasteiger partial charge in [0.15, 0.2) is 0 Å². The fourth-order valence-corrected chi connectivity index (χ4v) is 4.49. The molecule has 0 aliphatic carbocycles. The van der Waals surface area contributed by atoms with Crippen LogP contribution in [0.3, 0.4) is 0 Å². The summed E-state index contributed by atoms with van der Waals surface area (Å²) < 4.78 is 28.0. The van der Waals surface area contributed by atoms with Crippen molar-refractivity contribution in [3.8, 4) is 0 Å². The Kier molecular flexibility index (Phi) is 5.20. The number of thiophene rings is 1. The minimum Gasteiger partial charge on any atom is -0.478 e. The molecule has 0 saturated carbocycles. The molecule has 0 aliphatic rings. The molecule has 5 nitrogen and oxygen atoms in total. The third kappa shape index (κ3) is 3.92. The number of halogens is 2. The Morgan fingerprint density at radius 2 is 1.95 bits per heavy atom. The Labute approximate surface area is 142 Å². The third-order valence-electron chi connectivity index (χ3n) is 2.59. The summed E-state index contributed by atoms with van der Waals surface area (Å²) in [7, 11) is -3.77. The van der Waals surface area contributed by atoms with Crippen LogP contribution in [0.5, 0.6) is 0 Å². The molecule has 1 aromatic carbocycles. The third-order valence-corrected chi connectivity index (χ3v) is 6.61. The Morgan fingerprint density at radius 1 is 1.24 bits per heavy atom. The number of hydrogen-bond acceptors (Lipinski definition) is 4. The average molecular weight is 455 g/mol. The van der Waals surface area contributed by atoms with Gasteiger partial charge in [0.25, 0.3) is 0 Å². The molecule has 0 saturated heterocycles. The first-order valence-corrected chi connectivity index (χ1v) is 9.50. The van der Waals surface area contributed by atoms with Crippen LogP contribution in [0.4, 0.5) is 0 Å². The number of carboxylic acids is 1. The lowest BCUT2D eigenvalue weighted by molar-refractivity contribution is 0.0695. The van der Waals surface area contributed by atoms with Crippen LogP contribution in [0.15, 0.2) is 43.5 Å². The van der Waals surface area contributed by atoms with Crippen LogP contribution in [0.2, 0.25) is 0 Å². The Bertz CT molecular complexity index is 786. The van der Waals surface area contributed by atoms with Crippen molar-refractivity contribution < 1.29 is 18.3 Å². The molecule has 2 N–H and O–H groups in total. The van der Waals surface area contributed by atoms with Gasteiger partial charge in [0.05, 0.1) is 10.5 Å². The molecule has 0 radical (unpaired) electrons. The molecule has 0 fully saturated rings. The SMILES string of the molecule is O=C(O)c1cc(S(=O)(=O)NCc2sccc2Br)ccc1Br. The minimum absolute atomic E-state index is 0.0872. The standard InChI is InChI=1S/C12H9Br2NO4S2/c13-9-2-1-7(5-8(9)12(16)17)21(18,19)15-6-11-10(14)3-4-20-11/h1-5,15H,6H2,(H,16,17). The number of rotatable bonds is 5. The molecular weight excluding hydrogens is 446 g/mol. The molecule has 0 atom stereocenters. The van der Waals surface area contributed by atoms with Crippen molar-refractivity contribution in [1.82, 2.24) is 4.72 Å². The van der Waals surface area contributed by atoms with E-state index in [1.807, 2.05) is 11.4 Å². The van der Waals surface area contributed by atoms with Crippen LogP contribution in [0.1, 0.15) is 15.2 Å². The van der Waals surface area contributed by atoms with Gasteiger partial charge in [-0.05, 0) is 61.5 Å². The van der Waals surface area contributed by atoms with Gasteiger partial charge in [0.1, 0.15) is 0 Å². The number of hydrogen-bond donors (Lipinski definition) is 2. The van der Waals surface area contributed by atoms with E-state index < -0.39 is 16.0 Å². The van der Waals surface area contributed by atoms with Crippen molar-refractivity contribution in [2.75, 3.05) is 0 Å². The van der Waals surface area contributed by atoms with Crippen LogP contribution >= 0.6 is 43.2 Å². The molecule has 2 aromatic rings. The molecule has 1 heterocycles. The summed E-state index contributed by atoms with van der Waals surface area (Å²) in [5.74, 6) is -1.19. The molecule has 0 amide bonds. The monoisotopic (exact) mass is 453 g/mol. The number of sulfonamides is 1. The average Bonchev–Trinajstić information content (AvgIpc) is 2.82. The minimum atomic E-state index is -3.77. The summed E-state index contributed by atoms with van der Waals surface area (Å²) in [5.41, 5.74) is -0.102. The Morgan fingerprint density at radius 3 is 2.52 bits per heavy atom. The van der Waals surface area contributed by atoms with E-state index in [0.29, 0.717) is 4.47 Å². The summed E-state index contributed by atoms with van der Waals surface area (Å²) in [6, 6.07) is 5.70. The second-order valence-electron chi connectivity index (χ2n) is 3.96. The van der Waals surface area contributed by atoms with Crippen molar-refractivity contribution in [3.63, 3.8) is 0 Å². The number of carboxylic acid groups (broad SMARTS) is 1. The summed E-state index contributed by atoms with van der Waals surface area (Å²) >= 11 is 7.82. The van der Waals surface area contributed by atoms with Crippen molar-refractivity contribution in [2.24, 2.45) is 0 Å². The van der Waals surface area contributed by atoms with Crippen LogP contribution in [-0.4, -0.2) is 19.5 Å². The summed E-state index contributed by atoms with van der Waals surface area (Å²) in [6.45, 7) is 0.138. The summed E-state index contributed by atoms with van der Waals surface area (Å²) in [5, 5.41) is 10.9. The molecule has 0 aliphatic heterocycles. The maximum absolute atomic E-state index is 12.2. The smallest absolute Gasteiger partial charge is 0.336 e. The molecule has 112 valence electrons. The molecular formula is C12H9Br2NO4S2. The predicted octanol–water partition coefficient (Wildman–Crippen LogP) is 3.45. The van der Waals surface area contributed by atoms with Crippen molar-refractivity contribution in [1.29, 1.82) is 0 Å². The topological polar surface area (TPSA) is 83.5 Å².